The van der Waals surface area contributed by atoms with Crippen molar-refractivity contribution in [2.45, 2.75) is 32.6 Å². The third-order valence-electron chi connectivity index (χ3n) is 5.23. The first-order valence-corrected chi connectivity index (χ1v) is 10.9. The average Bonchev–Trinajstić information content (AvgIpc) is 2.97. The van der Waals surface area contributed by atoms with Gasteiger partial charge in [0.1, 0.15) is 10.6 Å². The fourth-order valence-corrected chi connectivity index (χ4v) is 4.30. The van der Waals surface area contributed by atoms with E-state index in [0.29, 0.717) is 16.3 Å². The molecule has 0 fully saturated rings. The summed E-state index contributed by atoms with van der Waals surface area (Å²) in [4.78, 5) is 29.4. The lowest BCUT2D eigenvalue weighted by Crippen LogP contribution is -2.32. The zero-order chi connectivity index (χ0) is 22.1. The lowest BCUT2D eigenvalue weighted by Gasteiger charge is -2.16. The molecule has 0 spiro atoms. The van der Waals surface area contributed by atoms with Gasteiger partial charge in [-0.1, -0.05) is 59.3 Å². The number of hydrogen-bond donors (Lipinski definition) is 1. The Bertz CT molecular complexity index is 1200. The number of carbonyl (C=O) groups is 2. The van der Waals surface area contributed by atoms with E-state index in [-0.39, 0.29) is 11.8 Å². The molecule has 1 aliphatic heterocycles. The predicted molar refractivity (Wildman–Crippen MR) is 127 cm³/mol. The van der Waals surface area contributed by atoms with Crippen LogP contribution in [0.15, 0.2) is 82.2 Å². The molecule has 1 heterocycles. The van der Waals surface area contributed by atoms with Crippen LogP contribution in [0.5, 0.6) is 0 Å². The van der Waals surface area contributed by atoms with E-state index in [4.69, 9.17) is 0 Å². The van der Waals surface area contributed by atoms with Crippen LogP contribution < -0.4 is 10.2 Å². The molecule has 4 rings (SSSR count). The van der Waals surface area contributed by atoms with E-state index in [1.54, 1.807) is 12.1 Å². The maximum Gasteiger partial charge on any atom is 0.283 e. The molecule has 0 saturated heterocycles. The molecule has 0 aromatic heterocycles. The second kappa shape index (κ2) is 8.44. The first-order valence-electron chi connectivity index (χ1n) is 10.1. The predicted octanol–water partition coefficient (Wildman–Crippen LogP) is 5.91. The first kappa shape index (κ1) is 20.9. The summed E-state index contributed by atoms with van der Waals surface area (Å²) in [7, 11) is 0. The van der Waals surface area contributed by atoms with Gasteiger partial charge in [0.05, 0.1) is 5.69 Å². The van der Waals surface area contributed by atoms with E-state index in [1.165, 1.54) is 16.7 Å². The molecule has 0 unspecified atom stereocenters. The van der Waals surface area contributed by atoms with Crippen molar-refractivity contribution in [1.29, 1.82) is 0 Å². The first-order chi connectivity index (χ1) is 14.8. The quantitative estimate of drug-likeness (QED) is 0.513. The maximum absolute atomic E-state index is 13.4. The van der Waals surface area contributed by atoms with Crippen molar-refractivity contribution in [3.8, 4) is 0 Å². The summed E-state index contributed by atoms with van der Waals surface area (Å²) >= 11 is 1.32. The van der Waals surface area contributed by atoms with Crippen LogP contribution in [-0.2, 0) is 9.59 Å². The van der Waals surface area contributed by atoms with E-state index in [2.05, 4.69) is 5.32 Å². The Balaban J connectivity index is 1.77. The Morgan fingerprint density at radius 2 is 1.29 bits per heavy atom. The summed E-state index contributed by atoms with van der Waals surface area (Å²) in [5.41, 5.74) is 6.00. The van der Waals surface area contributed by atoms with E-state index >= 15 is 0 Å². The summed E-state index contributed by atoms with van der Waals surface area (Å²) in [6, 6.07) is 21.4. The molecule has 0 bridgehead atoms. The van der Waals surface area contributed by atoms with Crippen molar-refractivity contribution >= 4 is 35.0 Å². The zero-order valence-corrected chi connectivity index (χ0v) is 18.8. The molecule has 156 valence electrons. The number of benzene rings is 3. The number of amides is 2. The number of hydrogen-bond acceptors (Lipinski definition) is 4. The number of nitrogens with zero attached hydrogens (tertiary/aromatic N) is 1. The highest BCUT2D eigenvalue weighted by Gasteiger charge is 2.40. The molecule has 0 atom stereocenters. The zero-order valence-electron chi connectivity index (χ0n) is 18.0. The fourth-order valence-electron chi connectivity index (χ4n) is 3.37. The summed E-state index contributed by atoms with van der Waals surface area (Å²) in [6.45, 7) is 7.97. The number of aryl methyl sites for hydroxylation is 4. The van der Waals surface area contributed by atoms with Crippen molar-refractivity contribution in [2.75, 3.05) is 10.2 Å². The number of imide groups is 1. The minimum absolute atomic E-state index is 0.310. The number of anilines is 2. The number of thioether (sulfide) groups is 1. The van der Waals surface area contributed by atoms with Gasteiger partial charge in [-0.3, -0.25) is 9.59 Å². The summed E-state index contributed by atoms with van der Waals surface area (Å²) in [5.74, 6) is -0.656. The molecule has 0 saturated carbocycles. The van der Waals surface area contributed by atoms with Crippen LogP contribution in [0, 0.1) is 27.7 Å². The van der Waals surface area contributed by atoms with Crippen molar-refractivity contribution in [3.05, 3.63) is 99.6 Å². The van der Waals surface area contributed by atoms with Gasteiger partial charge >= 0.3 is 0 Å². The molecule has 5 heteroatoms. The third-order valence-corrected chi connectivity index (χ3v) is 6.32. The van der Waals surface area contributed by atoms with Gasteiger partial charge in [-0.2, -0.15) is 0 Å². The van der Waals surface area contributed by atoms with E-state index in [9.17, 15) is 9.59 Å². The molecule has 1 N–H and O–H groups in total. The standard InChI is InChI=1S/C26H24N2O2S/c1-16-6-11-20(12-7-16)28-25(29)23(27-22-15-18(3)5-10-19(22)4)24(26(28)30)31-21-13-8-17(2)9-14-21/h5-15,27H,1-4H3. The van der Waals surface area contributed by atoms with Gasteiger partial charge in [-0.15, -0.1) is 0 Å². The summed E-state index contributed by atoms with van der Waals surface area (Å²) < 4.78 is 0. The number of rotatable bonds is 5. The van der Waals surface area contributed by atoms with Gasteiger partial charge in [-0.05, 0) is 69.2 Å². The van der Waals surface area contributed by atoms with Gasteiger partial charge < -0.3 is 5.32 Å². The number of carbonyl (C=O) groups excluding carboxylic acids is 2. The van der Waals surface area contributed by atoms with Crippen LogP contribution >= 0.6 is 11.8 Å². The van der Waals surface area contributed by atoms with Crippen molar-refractivity contribution < 1.29 is 9.59 Å². The monoisotopic (exact) mass is 428 g/mol. The smallest absolute Gasteiger partial charge is 0.283 e. The van der Waals surface area contributed by atoms with Crippen LogP contribution in [0.4, 0.5) is 11.4 Å². The van der Waals surface area contributed by atoms with Crippen molar-refractivity contribution in [2.24, 2.45) is 0 Å². The highest BCUT2D eigenvalue weighted by molar-refractivity contribution is 8.04. The molecule has 3 aromatic rings. The topological polar surface area (TPSA) is 49.4 Å². The third kappa shape index (κ3) is 4.28. The Labute approximate surface area is 187 Å². The molecular weight excluding hydrogens is 404 g/mol. The number of nitrogens with one attached hydrogen (secondary N) is 1. The van der Waals surface area contributed by atoms with Crippen molar-refractivity contribution in [3.63, 3.8) is 0 Å². The van der Waals surface area contributed by atoms with Gasteiger partial charge in [0.25, 0.3) is 11.8 Å². The molecule has 0 aliphatic carbocycles. The molecule has 0 radical (unpaired) electrons. The molecule has 2 amide bonds. The molecule has 1 aliphatic rings. The van der Waals surface area contributed by atoms with E-state index in [0.717, 1.165) is 32.8 Å². The van der Waals surface area contributed by atoms with Crippen molar-refractivity contribution in [1.82, 2.24) is 0 Å². The molecular formula is C26H24N2O2S. The Morgan fingerprint density at radius 1 is 0.710 bits per heavy atom. The fraction of sp³-hybridized carbons (Fsp3) is 0.154. The van der Waals surface area contributed by atoms with Gasteiger partial charge in [0.15, 0.2) is 0 Å². The van der Waals surface area contributed by atoms with Crippen LogP contribution in [-0.4, -0.2) is 11.8 Å². The molecule has 4 nitrogen and oxygen atoms in total. The highest BCUT2D eigenvalue weighted by atomic mass is 32.2. The largest absolute Gasteiger partial charge is 0.350 e. The lowest BCUT2D eigenvalue weighted by molar-refractivity contribution is -0.120. The Morgan fingerprint density at radius 3 is 1.94 bits per heavy atom. The minimum atomic E-state index is -0.343. The Hall–Kier alpha value is -3.31. The second-order valence-corrected chi connectivity index (χ2v) is 8.93. The normalized spacial score (nSPS) is 13.9. The minimum Gasteiger partial charge on any atom is -0.350 e. The second-order valence-electron chi connectivity index (χ2n) is 7.84. The lowest BCUT2D eigenvalue weighted by atomic mass is 10.1. The van der Waals surface area contributed by atoms with Crippen LogP contribution in [0.25, 0.3) is 0 Å². The average molecular weight is 429 g/mol. The summed E-state index contributed by atoms with van der Waals surface area (Å²) in [6.07, 6.45) is 0. The highest BCUT2D eigenvalue weighted by Crippen LogP contribution is 2.38. The van der Waals surface area contributed by atoms with Crippen LogP contribution in [0.2, 0.25) is 0 Å². The van der Waals surface area contributed by atoms with E-state index in [1.807, 2.05) is 82.3 Å². The molecule has 3 aromatic carbocycles. The van der Waals surface area contributed by atoms with Gasteiger partial charge in [0, 0.05) is 10.6 Å². The SMILES string of the molecule is Cc1ccc(SC2=C(Nc3cc(C)ccc3C)C(=O)N(c3ccc(C)cc3)C2=O)cc1. The van der Waals surface area contributed by atoms with E-state index < -0.39 is 0 Å². The van der Waals surface area contributed by atoms with Gasteiger partial charge in [0.2, 0.25) is 0 Å². The van der Waals surface area contributed by atoms with Crippen LogP contribution in [0.1, 0.15) is 22.3 Å². The summed E-state index contributed by atoms with van der Waals surface area (Å²) in [5, 5.41) is 3.27. The van der Waals surface area contributed by atoms with Crippen LogP contribution in [0.3, 0.4) is 0 Å². The van der Waals surface area contributed by atoms with Gasteiger partial charge in [-0.25, -0.2) is 4.90 Å². The maximum atomic E-state index is 13.4. The Kier molecular flexibility index (Phi) is 5.70. The molecule has 31 heavy (non-hydrogen) atoms.